The van der Waals surface area contributed by atoms with E-state index in [9.17, 15) is 4.79 Å². The van der Waals surface area contributed by atoms with Crippen LogP contribution in [-0.4, -0.2) is 27.3 Å². The average molecular weight is 278 g/mol. The molecule has 4 nitrogen and oxygen atoms in total. The Bertz CT molecular complexity index is 562. The lowest BCUT2D eigenvalue weighted by molar-refractivity contribution is 0.196. The van der Waals surface area contributed by atoms with Crippen LogP contribution in [0.1, 0.15) is 18.1 Å². The molecule has 0 spiro atoms. The van der Waals surface area contributed by atoms with Gasteiger partial charge in [0.15, 0.2) is 0 Å². The zero-order chi connectivity index (χ0) is 13.8. The molecule has 0 unspecified atom stereocenters. The summed E-state index contributed by atoms with van der Waals surface area (Å²) in [4.78, 5) is 14.0. The van der Waals surface area contributed by atoms with Gasteiger partial charge in [-0.25, -0.2) is 4.79 Å². The first-order valence-electron chi connectivity index (χ1n) is 6.15. The van der Waals surface area contributed by atoms with Gasteiger partial charge in [-0.3, -0.25) is 0 Å². The smallest absolute Gasteiger partial charge is 0.319 e. The Kier molecular flexibility index (Phi) is 4.22. The van der Waals surface area contributed by atoms with Crippen LogP contribution in [0.2, 0.25) is 5.02 Å². The van der Waals surface area contributed by atoms with Crippen molar-refractivity contribution in [2.45, 2.75) is 20.4 Å². The van der Waals surface area contributed by atoms with Crippen molar-refractivity contribution in [1.82, 2.24) is 14.7 Å². The Morgan fingerprint density at radius 3 is 2.58 bits per heavy atom. The highest BCUT2D eigenvalue weighted by atomic mass is 35.5. The Balaban J connectivity index is 2.11. The summed E-state index contributed by atoms with van der Waals surface area (Å²) in [5.74, 6) is 0. The van der Waals surface area contributed by atoms with Crippen molar-refractivity contribution in [2.24, 2.45) is 0 Å². The van der Waals surface area contributed by atoms with E-state index < -0.39 is 0 Å². The standard InChI is InChI=1S/C14H16ClN3O/c1-3-17(10-12-4-6-13(15)7-5-12)14(19)18-9-11(2)8-16-18/h4-9H,3,10H2,1-2H3. The molecule has 0 saturated heterocycles. The zero-order valence-electron chi connectivity index (χ0n) is 11.0. The zero-order valence-corrected chi connectivity index (χ0v) is 11.8. The van der Waals surface area contributed by atoms with Crippen LogP contribution in [0.3, 0.4) is 0 Å². The summed E-state index contributed by atoms with van der Waals surface area (Å²) in [5, 5.41) is 4.74. The van der Waals surface area contributed by atoms with Gasteiger partial charge in [-0.1, -0.05) is 23.7 Å². The maximum Gasteiger partial charge on any atom is 0.344 e. The molecule has 1 heterocycles. The normalized spacial score (nSPS) is 10.5. The SMILES string of the molecule is CCN(Cc1ccc(Cl)cc1)C(=O)n1cc(C)cn1. The number of amides is 1. The topological polar surface area (TPSA) is 38.1 Å². The number of hydrogen-bond acceptors (Lipinski definition) is 2. The van der Waals surface area contributed by atoms with E-state index in [4.69, 9.17) is 11.6 Å². The molecule has 0 bridgehead atoms. The fraction of sp³-hybridized carbons (Fsp3) is 0.286. The minimum Gasteiger partial charge on any atom is -0.319 e. The Morgan fingerprint density at radius 1 is 1.37 bits per heavy atom. The third-order valence-electron chi connectivity index (χ3n) is 2.85. The second kappa shape index (κ2) is 5.89. The maximum absolute atomic E-state index is 12.3. The van der Waals surface area contributed by atoms with Crippen molar-refractivity contribution in [3.63, 3.8) is 0 Å². The molecule has 0 aliphatic rings. The molecule has 0 radical (unpaired) electrons. The number of aromatic nitrogens is 2. The van der Waals surface area contributed by atoms with Crippen LogP contribution in [-0.2, 0) is 6.54 Å². The molecule has 1 aromatic heterocycles. The maximum atomic E-state index is 12.3. The molecule has 0 N–H and O–H groups in total. The Labute approximate surface area is 117 Å². The molecule has 19 heavy (non-hydrogen) atoms. The van der Waals surface area contributed by atoms with Gasteiger partial charge < -0.3 is 4.90 Å². The monoisotopic (exact) mass is 277 g/mol. The highest BCUT2D eigenvalue weighted by Crippen LogP contribution is 2.12. The average Bonchev–Trinajstić information content (AvgIpc) is 2.84. The molecular weight excluding hydrogens is 262 g/mol. The number of carbonyl (C=O) groups is 1. The van der Waals surface area contributed by atoms with E-state index in [1.165, 1.54) is 4.68 Å². The summed E-state index contributed by atoms with van der Waals surface area (Å²) in [6, 6.07) is 7.38. The molecule has 0 aliphatic heterocycles. The van der Waals surface area contributed by atoms with Gasteiger partial charge in [0, 0.05) is 24.3 Å². The third-order valence-corrected chi connectivity index (χ3v) is 3.10. The van der Waals surface area contributed by atoms with Crippen molar-refractivity contribution in [1.29, 1.82) is 0 Å². The number of rotatable bonds is 3. The van der Waals surface area contributed by atoms with Crippen LogP contribution >= 0.6 is 11.6 Å². The highest BCUT2D eigenvalue weighted by molar-refractivity contribution is 6.30. The van der Waals surface area contributed by atoms with Crippen LogP contribution in [0.4, 0.5) is 4.79 Å². The van der Waals surface area contributed by atoms with E-state index in [0.717, 1.165) is 11.1 Å². The second-order valence-electron chi connectivity index (χ2n) is 4.39. The predicted octanol–water partition coefficient (Wildman–Crippen LogP) is 3.34. The van der Waals surface area contributed by atoms with Crippen LogP contribution in [0, 0.1) is 6.92 Å². The van der Waals surface area contributed by atoms with E-state index in [0.29, 0.717) is 18.1 Å². The van der Waals surface area contributed by atoms with E-state index >= 15 is 0 Å². The van der Waals surface area contributed by atoms with Gasteiger partial charge in [-0.2, -0.15) is 9.78 Å². The second-order valence-corrected chi connectivity index (χ2v) is 4.82. The number of benzene rings is 1. The quantitative estimate of drug-likeness (QED) is 0.863. The number of carbonyl (C=O) groups excluding carboxylic acids is 1. The summed E-state index contributed by atoms with van der Waals surface area (Å²) in [6.45, 7) is 5.03. The summed E-state index contributed by atoms with van der Waals surface area (Å²) in [6.07, 6.45) is 3.40. The van der Waals surface area contributed by atoms with Crippen molar-refractivity contribution >= 4 is 17.6 Å². The molecule has 0 fully saturated rings. The van der Waals surface area contributed by atoms with Gasteiger partial charge in [-0.15, -0.1) is 0 Å². The highest BCUT2D eigenvalue weighted by Gasteiger charge is 2.14. The van der Waals surface area contributed by atoms with E-state index in [1.54, 1.807) is 17.3 Å². The first-order chi connectivity index (χ1) is 9.10. The fourth-order valence-electron chi connectivity index (χ4n) is 1.79. The van der Waals surface area contributed by atoms with Gasteiger partial charge >= 0.3 is 6.03 Å². The summed E-state index contributed by atoms with van der Waals surface area (Å²) in [7, 11) is 0. The van der Waals surface area contributed by atoms with Crippen LogP contribution < -0.4 is 0 Å². The third kappa shape index (κ3) is 3.35. The van der Waals surface area contributed by atoms with E-state index in [-0.39, 0.29) is 6.03 Å². The molecule has 0 atom stereocenters. The molecule has 2 rings (SSSR count). The summed E-state index contributed by atoms with van der Waals surface area (Å²) < 4.78 is 1.37. The molecule has 1 aromatic carbocycles. The molecular formula is C14H16ClN3O. The molecule has 2 aromatic rings. The molecule has 0 saturated carbocycles. The van der Waals surface area contributed by atoms with E-state index in [2.05, 4.69) is 5.10 Å². The first-order valence-corrected chi connectivity index (χ1v) is 6.53. The lowest BCUT2D eigenvalue weighted by Crippen LogP contribution is -2.34. The van der Waals surface area contributed by atoms with Crippen molar-refractivity contribution in [3.8, 4) is 0 Å². The predicted molar refractivity (Wildman–Crippen MR) is 75.3 cm³/mol. The van der Waals surface area contributed by atoms with Gasteiger partial charge in [0.05, 0.1) is 6.20 Å². The van der Waals surface area contributed by atoms with Crippen molar-refractivity contribution in [2.75, 3.05) is 6.54 Å². The minimum absolute atomic E-state index is 0.120. The van der Waals surface area contributed by atoms with Crippen molar-refractivity contribution < 1.29 is 4.79 Å². The van der Waals surface area contributed by atoms with Crippen LogP contribution in [0.15, 0.2) is 36.7 Å². The fourth-order valence-corrected chi connectivity index (χ4v) is 1.91. The van der Waals surface area contributed by atoms with Gasteiger partial charge in [0.25, 0.3) is 0 Å². The largest absolute Gasteiger partial charge is 0.344 e. The van der Waals surface area contributed by atoms with Gasteiger partial charge in [0.2, 0.25) is 0 Å². The van der Waals surface area contributed by atoms with E-state index in [1.807, 2.05) is 38.1 Å². The molecule has 100 valence electrons. The molecule has 5 heteroatoms. The van der Waals surface area contributed by atoms with Crippen molar-refractivity contribution in [3.05, 3.63) is 52.8 Å². The number of halogens is 1. The number of nitrogens with zero attached hydrogens (tertiary/aromatic N) is 3. The lowest BCUT2D eigenvalue weighted by Gasteiger charge is -2.20. The minimum atomic E-state index is -0.120. The lowest BCUT2D eigenvalue weighted by atomic mass is 10.2. The number of aryl methyl sites for hydroxylation is 1. The Morgan fingerprint density at radius 2 is 2.05 bits per heavy atom. The Hall–Kier alpha value is -1.81. The first kappa shape index (κ1) is 13.6. The summed E-state index contributed by atoms with van der Waals surface area (Å²) in [5.41, 5.74) is 2.01. The van der Waals surface area contributed by atoms with Gasteiger partial charge in [-0.05, 0) is 37.1 Å². The van der Waals surface area contributed by atoms with Crippen LogP contribution in [0.5, 0.6) is 0 Å². The molecule has 0 aliphatic carbocycles. The number of hydrogen-bond donors (Lipinski definition) is 0. The van der Waals surface area contributed by atoms with Gasteiger partial charge in [0.1, 0.15) is 0 Å². The van der Waals surface area contributed by atoms with Crippen LogP contribution in [0.25, 0.3) is 0 Å². The summed E-state index contributed by atoms with van der Waals surface area (Å²) >= 11 is 5.85. The molecule has 1 amide bonds.